The molecule has 0 amide bonds. The summed E-state index contributed by atoms with van der Waals surface area (Å²) in [6.07, 6.45) is 5.24. The first-order valence-electron chi connectivity index (χ1n) is 8.04. The molecule has 1 aromatic heterocycles. The molecule has 1 N–H and O–H groups in total. The van der Waals surface area contributed by atoms with Gasteiger partial charge >= 0.3 is 0 Å². The Morgan fingerprint density at radius 2 is 1.86 bits per heavy atom. The Morgan fingerprint density at radius 3 is 2.57 bits per heavy atom. The second kappa shape index (κ2) is 6.33. The van der Waals surface area contributed by atoms with E-state index in [1.807, 2.05) is 11.3 Å². The summed E-state index contributed by atoms with van der Waals surface area (Å²) in [6, 6.07) is 9.82. The van der Waals surface area contributed by atoms with Gasteiger partial charge in [-0.3, -0.25) is 0 Å². The topological polar surface area (TPSA) is 12.0 Å². The first-order valence-corrected chi connectivity index (χ1v) is 8.86. The van der Waals surface area contributed by atoms with E-state index in [2.05, 4.69) is 50.4 Å². The molecule has 0 saturated carbocycles. The molecular formula is C19H25NS. The predicted molar refractivity (Wildman–Crippen MR) is 92.1 cm³/mol. The number of hydrogen-bond acceptors (Lipinski definition) is 2. The highest BCUT2D eigenvalue weighted by Gasteiger charge is 2.12. The number of thiophene rings is 1. The summed E-state index contributed by atoms with van der Waals surface area (Å²) in [4.78, 5) is 2.85. The Morgan fingerprint density at radius 1 is 1.10 bits per heavy atom. The highest BCUT2D eigenvalue weighted by molar-refractivity contribution is 7.12. The van der Waals surface area contributed by atoms with Gasteiger partial charge in [0.25, 0.3) is 0 Å². The molecule has 3 rings (SSSR count). The van der Waals surface area contributed by atoms with Crippen LogP contribution >= 0.6 is 11.3 Å². The number of aryl methyl sites for hydroxylation is 4. The van der Waals surface area contributed by atoms with Crippen LogP contribution in [0.2, 0.25) is 0 Å². The van der Waals surface area contributed by atoms with Gasteiger partial charge in [0.15, 0.2) is 0 Å². The smallest absolute Gasteiger partial charge is 0.0295 e. The third kappa shape index (κ3) is 3.38. The van der Waals surface area contributed by atoms with Crippen molar-refractivity contribution in [2.45, 2.75) is 59.0 Å². The second-order valence-electron chi connectivity index (χ2n) is 6.28. The van der Waals surface area contributed by atoms with Crippen molar-refractivity contribution in [2.24, 2.45) is 0 Å². The van der Waals surface area contributed by atoms with Crippen molar-refractivity contribution in [3.8, 4) is 0 Å². The van der Waals surface area contributed by atoms with Crippen LogP contribution in [0.15, 0.2) is 24.3 Å². The molecule has 0 aliphatic heterocycles. The molecule has 1 aliphatic carbocycles. The highest BCUT2D eigenvalue weighted by Crippen LogP contribution is 2.25. The van der Waals surface area contributed by atoms with Crippen molar-refractivity contribution in [3.05, 3.63) is 56.3 Å². The molecule has 1 heterocycles. The van der Waals surface area contributed by atoms with Crippen molar-refractivity contribution >= 4 is 11.3 Å². The van der Waals surface area contributed by atoms with Crippen molar-refractivity contribution in [2.75, 3.05) is 0 Å². The summed E-state index contributed by atoms with van der Waals surface area (Å²) >= 11 is 1.90. The van der Waals surface area contributed by atoms with Gasteiger partial charge in [0.1, 0.15) is 0 Å². The van der Waals surface area contributed by atoms with E-state index in [4.69, 9.17) is 0 Å². The van der Waals surface area contributed by atoms with Gasteiger partial charge in [0, 0.05) is 22.3 Å². The molecule has 1 nitrogen and oxygen atoms in total. The molecule has 21 heavy (non-hydrogen) atoms. The number of rotatable bonds is 4. The second-order valence-corrected chi connectivity index (χ2v) is 7.74. The highest BCUT2D eigenvalue weighted by atomic mass is 32.1. The Bertz CT molecular complexity index is 626. The Balaban J connectivity index is 1.67. The van der Waals surface area contributed by atoms with Gasteiger partial charge in [0.2, 0.25) is 0 Å². The van der Waals surface area contributed by atoms with Crippen LogP contribution in [0.3, 0.4) is 0 Å². The maximum atomic E-state index is 3.68. The van der Waals surface area contributed by atoms with E-state index in [9.17, 15) is 0 Å². The van der Waals surface area contributed by atoms with Crippen LogP contribution in [0.4, 0.5) is 0 Å². The molecule has 1 atom stereocenters. The van der Waals surface area contributed by atoms with Crippen LogP contribution in [0, 0.1) is 13.8 Å². The van der Waals surface area contributed by atoms with E-state index in [1.54, 1.807) is 11.1 Å². The minimum Gasteiger partial charge on any atom is -0.306 e. The van der Waals surface area contributed by atoms with Gasteiger partial charge in [-0.1, -0.05) is 18.2 Å². The molecule has 1 unspecified atom stereocenters. The fourth-order valence-electron chi connectivity index (χ4n) is 3.26. The summed E-state index contributed by atoms with van der Waals surface area (Å²) in [5.41, 5.74) is 6.03. The quantitative estimate of drug-likeness (QED) is 0.828. The fourth-order valence-corrected chi connectivity index (χ4v) is 4.21. The van der Waals surface area contributed by atoms with Gasteiger partial charge in [-0.25, -0.2) is 0 Å². The summed E-state index contributed by atoms with van der Waals surface area (Å²) in [6.45, 7) is 7.65. The lowest BCUT2D eigenvalue weighted by atomic mass is 9.89. The monoisotopic (exact) mass is 299 g/mol. The van der Waals surface area contributed by atoms with Crippen molar-refractivity contribution in [1.82, 2.24) is 5.32 Å². The molecular weight excluding hydrogens is 274 g/mol. The molecule has 2 heteroatoms. The van der Waals surface area contributed by atoms with E-state index in [1.165, 1.54) is 46.6 Å². The van der Waals surface area contributed by atoms with E-state index >= 15 is 0 Å². The Hall–Kier alpha value is -1.12. The predicted octanol–water partition coefficient (Wildman–Crippen LogP) is 5.09. The number of hydrogen-bond donors (Lipinski definition) is 1. The van der Waals surface area contributed by atoms with Crippen LogP contribution < -0.4 is 5.32 Å². The lowest BCUT2D eigenvalue weighted by Crippen LogP contribution is -2.18. The fraction of sp³-hybridized carbons (Fsp3) is 0.474. The van der Waals surface area contributed by atoms with Gasteiger partial charge < -0.3 is 5.32 Å². The van der Waals surface area contributed by atoms with Crippen molar-refractivity contribution < 1.29 is 0 Å². The SMILES string of the molecule is Cc1cc(CNC(C)c2ccc3c(c2)CCCC3)c(C)s1. The van der Waals surface area contributed by atoms with Crippen LogP contribution in [-0.2, 0) is 19.4 Å². The Kier molecular flexibility index (Phi) is 4.46. The first kappa shape index (κ1) is 14.8. The van der Waals surface area contributed by atoms with E-state index in [0.717, 1.165) is 6.54 Å². The van der Waals surface area contributed by atoms with Gasteiger partial charge in [-0.05, 0) is 74.8 Å². The summed E-state index contributed by atoms with van der Waals surface area (Å²) in [7, 11) is 0. The van der Waals surface area contributed by atoms with Crippen LogP contribution in [0.5, 0.6) is 0 Å². The van der Waals surface area contributed by atoms with Crippen molar-refractivity contribution in [1.29, 1.82) is 0 Å². The minimum atomic E-state index is 0.414. The van der Waals surface area contributed by atoms with Crippen LogP contribution in [-0.4, -0.2) is 0 Å². The average Bonchev–Trinajstić information content (AvgIpc) is 2.82. The molecule has 0 saturated heterocycles. The number of fused-ring (bicyclic) bond motifs is 1. The van der Waals surface area contributed by atoms with E-state index < -0.39 is 0 Å². The summed E-state index contributed by atoms with van der Waals surface area (Å²) < 4.78 is 0. The van der Waals surface area contributed by atoms with Gasteiger partial charge in [-0.2, -0.15) is 0 Å². The molecule has 1 aromatic carbocycles. The average molecular weight is 299 g/mol. The standard InChI is InChI=1S/C19H25NS/c1-13-10-19(15(3)21-13)12-20-14(2)17-9-8-16-6-4-5-7-18(16)11-17/h8-11,14,20H,4-7,12H2,1-3H3. The molecule has 112 valence electrons. The largest absolute Gasteiger partial charge is 0.306 e. The molecule has 1 aliphatic rings. The third-order valence-electron chi connectivity index (χ3n) is 4.62. The zero-order valence-corrected chi connectivity index (χ0v) is 14.1. The van der Waals surface area contributed by atoms with Crippen LogP contribution in [0.25, 0.3) is 0 Å². The van der Waals surface area contributed by atoms with E-state index in [-0.39, 0.29) is 0 Å². The Labute approximate surface area is 132 Å². The van der Waals surface area contributed by atoms with E-state index in [0.29, 0.717) is 6.04 Å². The van der Waals surface area contributed by atoms with Gasteiger partial charge in [-0.15, -0.1) is 11.3 Å². The lowest BCUT2D eigenvalue weighted by Gasteiger charge is -2.20. The summed E-state index contributed by atoms with van der Waals surface area (Å²) in [5, 5.41) is 3.68. The van der Waals surface area contributed by atoms with Crippen molar-refractivity contribution in [3.63, 3.8) is 0 Å². The van der Waals surface area contributed by atoms with Gasteiger partial charge in [0.05, 0.1) is 0 Å². The molecule has 0 radical (unpaired) electrons. The van der Waals surface area contributed by atoms with Crippen LogP contribution in [0.1, 0.15) is 57.8 Å². The summed E-state index contributed by atoms with van der Waals surface area (Å²) in [5.74, 6) is 0. The first-order chi connectivity index (χ1) is 10.1. The number of benzene rings is 1. The molecule has 2 aromatic rings. The zero-order valence-electron chi connectivity index (χ0n) is 13.3. The third-order valence-corrected chi connectivity index (χ3v) is 5.62. The normalized spacial score (nSPS) is 15.8. The zero-order chi connectivity index (χ0) is 14.8. The maximum Gasteiger partial charge on any atom is 0.0295 e. The molecule has 0 spiro atoms. The number of nitrogens with one attached hydrogen (secondary N) is 1. The minimum absolute atomic E-state index is 0.414. The maximum absolute atomic E-state index is 3.68. The molecule has 0 bridgehead atoms. The molecule has 0 fully saturated rings. The lowest BCUT2D eigenvalue weighted by molar-refractivity contribution is 0.572.